The van der Waals surface area contributed by atoms with Gasteiger partial charge in [0.15, 0.2) is 0 Å². The van der Waals surface area contributed by atoms with Crippen molar-refractivity contribution in [1.82, 2.24) is 0 Å². The third kappa shape index (κ3) is 4.17. The molecule has 98 valence electrons. The molecule has 8 heteroatoms. The summed E-state index contributed by atoms with van der Waals surface area (Å²) in [5, 5.41) is 10.3. The third-order valence-electron chi connectivity index (χ3n) is 1.89. The van der Waals surface area contributed by atoms with E-state index in [1.165, 1.54) is 18.2 Å². The molecule has 18 heavy (non-hydrogen) atoms. The molecule has 4 nitrogen and oxygen atoms in total. The molecule has 0 aliphatic carbocycles. The van der Waals surface area contributed by atoms with Crippen molar-refractivity contribution in [2.75, 3.05) is 5.32 Å². The zero-order valence-corrected chi connectivity index (χ0v) is 10.9. The number of amides is 1. The first-order chi connectivity index (χ1) is 8.20. The second-order valence-corrected chi connectivity index (χ2v) is 4.50. The van der Waals surface area contributed by atoms with Crippen molar-refractivity contribution < 1.29 is 27.9 Å². The van der Waals surface area contributed by atoms with Gasteiger partial charge in [0.1, 0.15) is 0 Å². The Morgan fingerprint density at radius 1 is 1.33 bits per heavy atom. The number of hydrogen-bond acceptors (Lipinski definition) is 2. The third-order valence-corrected chi connectivity index (χ3v) is 2.79. The van der Waals surface area contributed by atoms with Crippen molar-refractivity contribution >= 4 is 40.2 Å². The van der Waals surface area contributed by atoms with E-state index in [9.17, 15) is 22.8 Å². The van der Waals surface area contributed by atoms with Gasteiger partial charge in [0.05, 0.1) is 12.1 Å². The molecular weight excluding hydrogens is 366 g/mol. The largest absolute Gasteiger partial charge is 0.481 e. The van der Waals surface area contributed by atoms with Crippen LogP contribution in [0, 0.1) is 3.57 Å². The predicted molar refractivity (Wildman–Crippen MR) is 65.2 cm³/mol. The molecule has 1 aromatic rings. The summed E-state index contributed by atoms with van der Waals surface area (Å²) in [6.45, 7) is 0. The Kier molecular flexibility index (Phi) is 4.54. The summed E-state index contributed by atoms with van der Waals surface area (Å²) in [6, 6.07) is 3.99. The maximum absolute atomic E-state index is 12.0. The molecule has 0 unspecified atom stereocenters. The number of carboxylic acids is 1. The zero-order valence-electron chi connectivity index (χ0n) is 8.71. The minimum Gasteiger partial charge on any atom is -0.481 e. The van der Waals surface area contributed by atoms with Crippen LogP contribution >= 0.6 is 22.6 Å². The molecule has 1 rings (SSSR count). The number of benzene rings is 1. The summed E-state index contributed by atoms with van der Waals surface area (Å²) in [5.74, 6) is -3.11. The van der Waals surface area contributed by atoms with Crippen LogP contribution in [0.2, 0.25) is 0 Å². The van der Waals surface area contributed by atoms with Crippen molar-refractivity contribution in [2.45, 2.75) is 12.6 Å². The van der Waals surface area contributed by atoms with E-state index >= 15 is 0 Å². The molecule has 2 N–H and O–H groups in total. The van der Waals surface area contributed by atoms with Crippen molar-refractivity contribution in [3.05, 3.63) is 27.3 Å². The van der Waals surface area contributed by atoms with Gasteiger partial charge in [-0.2, -0.15) is 13.2 Å². The van der Waals surface area contributed by atoms with Crippen LogP contribution in [0.5, 0.6) is 0 Å². The van der Waals surface area contributed by atoms with Crippen molar-refractivity contribution in [1.29, 1.82) is 0 Å². The summed E-state index contributed by atoms with van der Waals surface area (Å²) in [6.07, 6.45) is -5.19. The first-order valence-electron chi connectivity index (χ1n) is 4.58. The highest BCUT2D eigenvalue weighted by atomic mass is 127. The first kappa shape index (κ1) is 14.7. The van der Waals surface area contributed by atoms with E-state index in [2.05, 4.69) is 0 Å². The normalized spacial score (nSPS) is 11.1. The van der Waals surface area contributed by atoms with Crippen LogP contribution in [-0.2, 0) is 16.0 Å². The number of carbonyl (C=O) groups is 2. The van der Waals surface area contributed by atoms with Crippen molar-refractivity contribution in [2.24, 2.45) is 0 Å². The van der Waals surface area contributed by atoms with Gasteiger partial charge in [-0.25, -0.2) is 0 Å². The Balaban J connectivity index is 2.86. The number of aliphatic carboxylic acids is 1. The van der Waals surface area contributed by atoms with E-state index in [1.807, 2.05) is 0 Å². The molecule has 0 aliphatic rings. The van der Waals surface area contributed by atoms with E-state index in [0.717, 1.165) is 0 Å². The van der Waals surface area contributed by atoms with Gasteiger partial charge >= 0.3 is 18.1 Å². The Hall–Kier alpha value is -1.32. The summed E-state index contributed by atoms with van der Waals surface area (Å²) in [7, 11) is 0. The van der Waals surface area contributed by atoms with Crippen LogP contribution in [-0.4, -0.2) is 23.2 Å². The standard InChI is InChI=1S/C10H7F3INO3/c11-10(12,13)9(18)15-7-2-1-5(3-6(7)14)4-8(16)17/h1-3H,4H2,(H,15,18)(H,16,17). The highest BCUT2D eigenvalue weighted by Gasteiger charge is 2.38. The smallest absolute Gasteiger partial charge is 0.471 e. The van der Waals surface area contributed by atoms with E-state index in [0.29, 0.717) is 9.13 Å². The van der Waals surface area contributed by atoms with Crippen molar-refractivity contribution in [3.8, 4) is 0 Å². The molecule has 0 aliphatic heterocycles. The number of alkyl halides is 3. The topological polar surface area (TPSA) is 66.4 Å². The molecule has 0 saturated heterocycles. The molecule has 0 radical (unpaired) electrons. The quantitative estimate of drug-likeness (QED) is 0.800. The Labute approximate surface area is 113 Å². The lowest BCUT2D eigenvalue weighted by molar-refractivity contribution is -0.167. The monoisotopic (exact) mass is 373 g/mol. The average molecular weight is 373 g/mol. The maximum Gasteiger partial charge on any atom is 0.471 e. The van der Waals surface area contributed by atoms with Gasteiger partial charge in [0.2, 0.25) is 0 Å². The molecule has 0 aromatic heterocycles. The summed E-state index contributed by atoms with van der Waals surface area (Å²) in [5.41, 5.74) is 0.434. The number of hydrogen-bond donors (Lipinski definition) is 2. The maximum atomic E-state index is 12.0. The fourth-order valence-electron chi connectivity index (χ4n) is 1.14. The van der Waals surface area contributed by atoms with Gasteiger partial charge in [-0.1, -0.05) is 6.07 Å². The van der Waals surface area contributed by atoms with E-state index in [4.69, 9.17) is 5.11 Å². The minimum absolute atomic E-state index is 0.00735. The average Bonchev–Trinajstić information content (AvgIpc) is 2.19. The van der Waals surface area contributed by atoms with Crippen LogP contribution in [0.25, 0.3) is 0 Å². The van der Waals surface area contributed by atoms with Gasteiger partial charge in [0, 0.05) is 3.57 Å². The molecule has 1 aromatic carbocycles. The number of anilines is 1. The number of halogens is 4. The van der Waals surface area contributed by atoms with Gasteiger partial charge in [0.25, 0.3) is 0 Å². The SMILES string of the molecule is O=C(O)Cc1ccc(NC(=O)C(F)(F)F)c(I)c1. The van der Waals surface area contributed by atoms with Crippen LogP contribution in [0.1, 0.15) is 5.56 Å². The second kappa shape index (κ2) is 5.55. The number of nitrogens with one attached hydrogen (secondary N) is 1. The lowest BCUT2D eigenvalue weighted by atomic mass is 10.1. The Morgan fingerprint density at radius 2 is 1.94 bits per heavy atom. The number of rotatable bonds is 3. The molecule has 0 spiro atoms. The lowest BCUT2D eigenvalue weighted by Gasteiger charge is -2.10. The fraction of sp³-hybridized carbons (Fsp3) is 0.200. The van der Waals surface area contributed by atoms with E-state index < -0.39 is 18.1 Å². The minimum atomic E-state index is -4.96. The van der Waals surface area contributed by atoms with E-state index in [1.54, 1.807) is 27.9 Å². The predicted octanol–water partition coefficient (Wildman–Crippen LogP) is 2.42. The van der Waals surface area contributed by atoms with Crippen LogP contribution in [0.4, 0.5) is 18.9 Å². The van der Waals surface area contributed by atoms with Crippen LogP contribution in [0.15, 0.2) is 18.2 Å². The van der Waals surface area contributed by atoms with Gasteiger partial charge in [-0.3, -0.25) is 9.59 Å². The van der Waals surface area contributed by atoms with Crippen LogP contribution < -0.4 is 5.32 Å². The highest BCUT2D eigenvalue weighted by molar-refractivity contribution is 14.1. The van der Waals surface area contributed by atoms with Gasteiger partial charge < -0.3 is 10.4 Å². The molecule has 0 bridgehead atoms. The summed E-state index contributed by atoms with van der Waals surface area (Å²) >= 11 is 1.72. The molecule has 1 amide bonds. The fourth-order valence-corrected chi connectivity index (χ4v) is 1.85. The highest BCUT2D eigenvalue weighted by Crippen LogP contribution is 2.23. The molecule has 0 atom stereocenters. The number of carbonyl (C=O) groups excluding carboxylic acids is 1. The first-order valence-corrected chi connectivity index (χ1v) is 5.66. The van der Waals surface area contributed by atoms with Gasteiger partial charge in [-0.05, 0) is 40.3 Å². The second-order valence-electron chi connectivity index (χ2n) is 3.34. The molecule has 0 saturated carbocycles. The van der Waals surface area contributed by atoms with Gasteiger partial charge in [-0.15, -0.1) is 0 Å². The lowest BCUT2D eigenvalue weighted by Crippen LogP contribution is -2.30. The summed E-state index contributed by atoms with van der Waals surface area (Å²) < 4.78 is 36.4. The number of carboxylic acid groups (broad SMARTS) is 1. The summed E-state index contributed by atoms with van der Waals surface area (Å²) in [4.78, 5) is 21.2. The van der Waals surface area contributed by atoms with Crippen molar-refractivity contribution in [3.63, 3.8) is 0 Å². The Bertz CT molecular complexity index is 488. The van der Waals surface area contributed by atoms with Crippen LogP contribution in [0.3, 0.4) is 0 Å². The zero-order chi connectivity index (χ0) is 13.9. The molecule has 0 heterocycles. The van der Waals surface area contributed by atoms with E-state index in [-0.39, 0.29) is 12.1 Å². The molecular formula is C10H7F3INO3. The Morgan fingerprint density at radius 3 is 2.39 bits per heavy atom. The molecule has 0 fully saturated rings.